The fourth-order valence-electron chi connectivity index (χ4n) is 1.50. The van der Waals surface area contributed by atoms with E-state index in [0.29, 0.717) is 17.1 Å². The standard InChI is InChI=1S/C13H14BrClN2O/c1-3-4-9(7-16)13(18)17-12-6-11(15)8(2)5-10(12)14/h5-6,9H,3-4H2,1-2H3,(H,17,18). The zero-order chi connectivity index (χ0) is 13.7. The van der Waals surface area contributed by atoms with Gasteiger partial charge in [0, 0.05) is 9.50 Å². The summed E-state index contributed by atoms with van der Waals surface area (Å²) in [5.74, 6) is -0.915. The summed E-state index contributed by atoms with van der Waals surface area (Å²) in [7, 11) is 0. The van der Waals surface area contributed by atoms with Crippen molar-refractivity contribution in [3.05, 3.63) is 27.2 Å². The predicted molar refractivity (Wildman–Crippen MR) is 76.5 cm³/mol. The zero-order valence-electron chi connectivity index (χ0n) is 10.3. The lowest BCUT2D eigenvalue weighted by molar-refractivity contribution is -0.118. The van der Waals surface area contributed by atoms with Gasteiger partial charge in [-0.2, -0.15) is 5.26 Å². The highest BCUT2D eigenvalue weighted by Gasteiger charge is 2.18. The summed E-state index contributed by atoms with van der Waals surface area (Å²) in [6.07, 6.45) is 1.35. The van der Waals surface area contributed by atoms with Crippen molar-refractivity contribution in [2.75, 3.05) is 5.32 Å². The van der Waals surface area contributed by atoms with E-state index in [9.17, 15) is 4.79 Å². The summed E-state index contributed by atoms with van der Waals surface area (Å²) in [5, 5.41) is 12.2. The van der Waals surface area contributed by atoms with Crippen molar-refractivity contribution < 1.29 is 4.79 Å². The van der Waals surface area contributed by atoms with Crippen LogP contribution in [0.5, 0.6) is 0 Å². The summed E-state index contributed by atoms with van der Waals surface area (Å²) in [4.78, 5) is 11.9. The average Bonchev–Trinajstić information content (AvgIpc) is 2.32. The molecule has 0 fully saturated rings. The highest BCUT2D eigenvalue weighted by molar-refractivity contribution is 9.10. The van der Waals surface area contributed by atoms with Crippen molar-refractivity contribution in [2.24, 2.45) is 5.92 Å². The number of amides is 1. The number of nitriles is 1. The van der Waals surface area contributed by atoms with Crippen LogP contribution in [0.2, 0.25) is 5.02 Å². The fraction of sp³-hybridized carbons (Fsp3) is 0.385. The monoisotopic (exact) mass is 328 g/mol. The van der Waals surface area contributed by atoms with Gasteiger partial charge in [0.25, 0.3) is 0 Å². The fourth-order valence-corrected chi connectivity index (χ4v) is 2.23. The molecule has 5 heteroatoms. The first-order chi connectivity index (χ1) is 8.49. The molecule has 0 heterocycles. The van der Waals surface area contributed by atoms with E-state index < -0.39 is 5.92 Å². The van der Waals surface area contributed by atoms with E-state index in [1.165, 1.54) is 0 Å². The second kappa shape index (κ2) is 6.77. The van der Waals surface area contributed by atoms with E-state index in [0.717, 1.165) is 16.5 Å². The van der Waals surface area contributed by atoms with Crippen molar-refractivity contribution in [3.63, 3.8) is 0 Å². The molecule has 18 heavy (non-hydrogen) atoms. The van der Waals surface area contributed by atoms with Crippen LogP contribution < -0.4 is 5.32 Å². The van der Waals surface area contributed by atoms with Gasteiger partial charge in [0.15, 0.2) is 0 Å². The predicted octanol–water partition coefficient (Wildman–Crippen LogP) is 4.29. The largest absolute Gasteiger partial charge is 0.324 e. The number of carbonyl (C=O) groups excluding carboxylic acids is 1. The minimum Gasteiger partial charge on any atom is -0.324 e. The summed E-state index contributed by atoms with van der Waals surface area (Å²) in [5.41, 5.74) is 1.51. The zero-order valence-corrected chi connectivity index (χ0v) is 12.6. The van der Waals surface area contributed by atoms with Crippen LogP contribution in [0.25, 0.3) is 0 Å². The molecule has 1 unspecified atom stereocenters. The maximum atomic E-state index is 11.9. The highest BCUT2D eigenvalue weighted by Crippen LogP contribution is 2.29. The topological polar surface area (TPSA) is 52.9 Å². The first-order valence-corrected chi connectivity index (χ1v) is 6.82. The lowest BCUT2D eigenvalue weighted by atomic mass is 10.0. The molecule has 1 atom stereocenters. The lowest BCUT2D eigenvalue weighted by Crippen LogP contribution is -2.21. The van der Waals surface area contributed by atoms with Crippen LogP contribution in [0, 0.1) is 24.2 Å². The first-order valence-electron chi connectivity index (χ1n) is 5.65. The van der Waals surface area contributed by atoms with Gasteiger partial charge in [0.05, 0.1) is 11.8 Å². The summed E-state index contributed by atoms with van der Waals surface area (Å²) >= 11 is 9.37. The van der Waals surface area contributed by atoms with E-state index in [1.807, 2.05) is 26.0 Å². The molecular formula is C13H14BrClN2O. The highest BCUT2D eigenvalue weighted by atomic mass is 79.9. The number of nitrogens with one attached hydrogen (secondary N) is 1. The minimum atomic E-state index is -0.623. The number of hydrogen-bond acceptors (Lipinski definition) is 2. The maximum Gasteiger partial charge on any atom is 0.241 e. The number of benzene rings is 1. The third kappa shape index (κ3) is 3.72. The molecule has 1 rings (SSSR count). The molecule has 0 aliphatic heterocycles. The van der Waals surface area contributed by atoms with Crippen molar-refractivity contribution >= 4 is 39.1 Å². The number of carbonyl (C=O) groups is 1. The van der Waals surface area contributed by atoms with E-state index in [2.05, 4.69) is 21.2 Å². The van der Waals surface area contributed by atoms with Gasteiger partial charge in [-0.05, 0) is 47.0 Å². The molecule has 0 bridgehead atoms. The molecule has 0 spiro atoms. The van der Waals surface area contributed by atoms with Crippen LogP contribution in [-0.2, 0) is 4.79 Å². The quantitative estimate of drug-likeness (QED) is 0.896. The van der Waals surface area contributed by atoms with Crippen LogP contribution in [-0.4, -0.2) is 5.91 Å². The Labute approximate surface area is 120 Å². The lowest BCUT2D eigenvalue weighted by Gasteiger charge is -2.12. The van der Waals surface area contributed by atoms with Gasteiger partial charge in [-0.3, -0.25) is 4.79 Å². The number of anilines is 1. The van der Waals surface area contributed by atoms with Gasteiger partial charge in [-0.1, -0.05) is 24.9 Å². The van der Waals surface area contributed by atoms with Gasteiger partial charge in [0.1, 0.15) is 5.92 Å². The molecule has 0 aromatic heterocycles. The average molecular weight is 330 g/mol. The van der Waals surface area contributed by atoms with Gasteiger partial charge >= 0.3 is 0 Å². The Morgan fingerprint density at radius 2 is 2.28 bits per heavy atom. The second-order valence-electron chi connectivity index (χ2n) is 4.04. The minimum absolute atomic E-state index is 0.292. The van der Waals surface area contributed by atoms with E-state index in [-0.39, 0.29) is 5.91 Å². The van der Waals surface area contributed by atoms with Gasteiger partial charge < -0.3 is 5.32 Å². The molecule has 0 saturated carbocycles. The number of halogens is 2. The Kier molecular flexibility index (Phi) is 5.64. The maximum absolute atomic E-state index is 11.9. The summed E-state index contributed by atoms with van der Waals surface area (Å²) in [6, 6.07) is 5.52. The third-order valence-corrected chi connectivity index (χ3v) is 3.62. The van der Waals surface area contributed by atoms with Crippen LogP contribution in [0.4, 0.5) is 5.69 Å². The van der Waals surface area contributed by atoms with Crippen molar-refractivity contribution in [2.45, 2.75) is 26.7 Å². The van der Waals surface area contributed by atoms with E-state index in [4.69, 9.17) is 16.9 Å². The van der Waals surface area contributed by atoms with Crippen molar-refractivity contribution in [1.29, 1.82) is 5.26 Å². The third-order valence-electron chi connectivity index (χ3n) is 2.56. The molecule has 1 aromatic carbocycles. The van der Waals surface area contributed by atoms with Gasteiger partial charge in [0.2, 0.25) is 5.91 Å². The number of nitrogens with zero attached hydrogens (tertiary/aromatic N) is 1. The molecule has 1 aromatic rings. The van der Waals surface area contributed by atoms with Gasteiger partial charge in [-0.25, -0.2) is 0 Å². The molecule has 0 aliphatic carbocycles. The molecule has 3 nitrogen and oxygen atoms in total. The van der Waals surface area contributed by atoms with Crippen LogP contribution >= 0.6 is 27.5 Å². The van der Waals surface area contributed by atoms with E-state index >= 15 is 0 Å². The first kappa shape index (κ1) is 15.0. The Hall–Kier alpha value is -1.05. The Morgan fingerprint density at radius 3 is 2.83 bits per heavy atom. The Morgan fingerprint density at radius 1 is 1.61 bits per heavy atom. The van der Waals surface area contributed by atoms with Crippen LogP contribution in [0.1, 0.15) is 25.3 Å². The normalized spacial score (nSPS) is 11.7. The molecule has 1 amide bonds. The molecule has 0 saturated heterocycles. The molecule has 0 radical (unpaired) electrons. The summed E-state index contributed by atoms with van der Waals surface area (Å²) in [6.45, 7) is 3.82. The molecule has 0 aliphatic rings. The van der Waals surface area contributed by atoms with Crippen molar-refractivity contribution in [3.8, 4) is 6.07 Å². The van der Waals surface area contributed by atoms with E-state index in [1.54, 1.807) is 6.07 Å². The summed E-state index contributed by atoms with van der Waals surface area (Å²) < 4.78 is 0.755. The molecule has 96 valence electrons. The number of rotatable bonds is 4. The Balaban J connectivity index is 2.88. The van der Waals surface area contributed by atoms with Crippen molar-refractivity contribution in [1.82, 2.24) is 0 Å². The molecule has 1 N–H and O–H groups in total. The smallest absolute Gasteiger partial charge is 0.241 e. The van der Waals surface area contributed by atoms with Gasteiger partial charge in [-0.15, -0.1) is 0 Å². The SMILES string of the molecule is CCCC(C#N)C(=O)Nc1cc(Cl)c(C)cc1Br. The second-order valence-corrected chi connectivity index (χ2v) is 5.30. The Bertz CT molecular complexity index is 496. The van der Waals surface area contributed by atoms with Crippen LogP contribution in [0.3, 0.4) is 0 Å². The number of aryl methyl sites for hydroxylation is 1. The van der Waals surface area contributed by atoms with Crippen LogP contribution in [0.15, 0.2) is 16.6 Å². The number of hydrogen-bond donors (Lipinski definition) is 1. The molecular weight excluding hydrogens is 316 g/mol.